The van der Waals surface area contributed by atoms with E-state index in [2.05, 4.69) is 6.07 Å². The molecule has 1 unspecified atom stereocenters. The molecule has 0 amide bonds. The number of thioether (sulfide) groups is 1. The summed E-state index contributed by atoms with van der Waals surface area (Å²) in [5.74, 6) is 0.857. The summed E-state index contributed by atoms with van der Waals surface area (Å²) in [7, 11) is 0. The minimum atomic E-state index is -0.717. The van der Waals surface area contributed by atoms with Crippen molar-refractivity contribution < 1.29 is 9.53 Å². The van der Waals surface area contributed by atoms with Crippen molar-refractivity contribution in [2.24, 2.45) is 5.92 Å². The van der Waals surface area contributed by atoms with Crippen LogP contribution in [0.3, 0.4) is 0 Å². The first-order valence-electron chi connectivity index (χ1n) is 6.94. The van der Waals surface area contributed by atoms with Gasteiger partial charge in [-0.05, 0) is 36.8 Å². The number of nitriles is 1. The van der Waals surface area contributed by atoms with Crippen molar-refractivity contribution >= 4 is 17.7 Å². The summed E-state index contributed by atoms with van der Waals surface area (Å²) >= 11 is 1.88. The van der Waals surface area contributed by atoms with Gasteiger partial charge in [-0.1, -0.05) is 30.3 Å². The first-order chi connectivity index (χ1) is 9.74. The highest BCUT2D eigenvalue weighted by atomic mass is 32.2. The van der Waals surface area contributed by atoms with Gasteiger partial charge in [-0.25, -0.2) is 0 Å². The van der Waals surface area contributed by atoms with Crippen molar-refractivity contribution in [1.29, 1.82) is 5.26 Å². The van der Waals surface area contributed by atoms with E-state index in [0.29, 0.717) is 6.61 Å². The molecule has 1 heterocycles. The van der Waals surface area contributed by atoms with Gasteiger partial charge in [0.15, 0.2) is 5.92 Å². The number of hydrogen-bond donors (Lipinski definition) is 0. The molecule has 0 spiro atoms. The monoisotopic (exact) mass is 289 g/mol. The highest BCUT2D eigenvalue weighted by Crippen LogP contribution is 2.44. The molecule has 1 aliphatic rings. The lowest BCUT2D eigenvalue weighted by Crippen LogP contribution is -2.43. The molecule has 1 atom stereocenters. The summed E-state index contributed by atoms with van der Waals surface area (Å²) in [5.41, 5.74) is 0.688. The number of benzene rings is 1. The SMILES string of the molecule is CCOC(=O)C(C#N)C1(c2ccccc2)CCSCC1. The van der Waals surface area contributed by atoms with Gasteiger partial charge in [0.05, 0.1) is 12.7 Å². The molecule has 0 radical (unpaired) electrons. The van der Waals surface area contributed by atoms with Crippen LogP contribution in [0.2, 0.25) is 0 Å². The predicted octanol–water partition coefficient (Wildman–Crippen LogP) is 3.15. The van der Waals surface area contributed by atoms with Crippen LogP contribution in [0, 0.1) is 17.2 Å². The maximum Gasteiger partial charge on any atom is 0.324 e. The normalized spacial score (nSPS) is 18.8. The molecule has 106 valence electrons. The van der Waals surface area contributed by atoms with Gasteiger partial charge in [-0.2, -0.15) is 17.0 Å². The van der Waals surface area contributed by atoms with Crippen LogP contribution in [0.1, 0.15) is 25.3 Å². The molecule has 1 aromatic carbocycles. The summed E-state index contributed by atoms with van der Waals surface area (Å²) in [5, 5.41) is 9.54. The molecule has 0 N–H and O–H groups in total. The molecule has 1 fully saturated rings. The Kier molecular flexibility index (Phi) is 5.08. The first kappa shape index (κ1) is 14.9. The lowest BCUT2D eigenvalue weighted by atomic mass is 9.66. The van der Waals surface area contributed by atoms with Crippen LogP contribution < -0.4 is 0 Å². The number of carbonyl (C=O) groups excluding carboxylic acids is 1. The number of ether oxygens (including phenoxy) is 1. The molecule has 1 aromatic rings. The maximum absolute atomic E-state index is 12.2. The molecular formula is C16H19NO2S. The van der Waals surface area contributed by atoms with Crippen molar-refractivity contribution in [3.8, 4) is 6.07 Å². The Morgan fingerprint density at radius 3 is 2.60 bits per heavy atom. The molecular weight excluding hydrogens is 270 g/mol. The Morgan fingerprint density at radius 1 is 1.40 bits per heavy atom. The number of hydrogen-bond acceptors (Lipinski definition) is 4. The van der Waals surface area contributed by atoms with Gasteiger partial charge in [0.2, 0.25) is 0 Å². The average molecular weight is 289 g/mol. The second kappa shape index (κ2) is 6.81. The van der Waals surface area contributed by atoms with Gasteiger partial charge >= 0.3 is 5.97 Å². The molecule has 1 saturated heterocycles. The van der Waals surface area contributed by atoms with Crippen LogP contribution in [0.25, 0.3) is 0 Å². The van der Waals surface area contributed by atoms with Crippen LogP contribution >= 0.6 is 11.8 Å². The highest BCUT2D eigenvalue weighted by molar-refractivity contribution is 7.99. The van der Waals surface area contributed by atoms with E-state index in [1.807, 2.05) is 42.1 Å². The van der Waals surface area contributed by atoms with Crippen LogP contribution in [0.4, 0.5) is 0 Å². The van der Waals surface area contributed by atoms with Gasteiger partial charge in [0, 0.05) is 5.41 Å². The van der Waals surface area contributed by atoms with Gasteiger partial charge in [0.1, 0.15) is 0 Å². The van der Waals surface area contributed by atoms with E-state index in [0.717, 1.165) is 29.9 Å². The predicted molar refractivity (Wildman–Crippen MR) is 80.4 cm³/mol. The van der Waals surface area contributed by atoms with E-state index in [-0.39, 0.29) is 5.97 Å². The minimum absolute atomic E-state index is 0.316. The second-order valence-corrected chi connectivity index (χ2v) is 6.17. The van der Waals surface area contributed by atoms with Crippen molar-refractivity contribution in [1.82, 2.24) is 0 Å². The van der Waals surface area contributed by atoms with Crippen molar-refractivity contribution in [2.75, 3.05) is 18.1 Å². The zero-order chi connectivity index (χ0) is 14.4. The van der Waals surface area contributed by atoms with E-state index in [1.54, 1.807) is 6.92 Å². The Balaban J connectivity index is 2.41. The highest BCUT2D eigenvalue weighted by Gasteiger charge is 2.46. The van der Waals surface area contributed by atoms with E-state index in [4.69, 9.17) is 4.74 Å². The maximum atomic E-state index is 12.2. The fourth-order valence-electron chi connectivity index (χ4n) is 2.88. The Hall–Kier alpha value is -1.47. The third-order valence-electron chi connectivity index (χ3n) is 3.94. The molecule has 0 bridgehead atoms. The van der Waals surface area contributed by atoms with Gasteiger partial charge in [-0.3, -0.25) is 4.79 Å². The molecule has 1 aliphatic heterocycles. The van der Waals surface area contributed by atoms with Crippen molar-refractivity contribution in [3.05, 3.63) is 35.9 Å². The fourth-order valence-corrected chi connectivity index (χ4v) is 4.10. The standard InChI is InChI=1S/C16H19NO2S/c1-2-19-15(18)14(12-17)16(8-10-20-11-9-16)13-6-4-3-5-7-13/h3-7,14H,2,8-11H2,1H3. The molecule has 20 heavy (non-hydrogen) atoms. The quantitative estimate of drug-likeness (QED) is 0.799. The molecule has 0 aliphatic carbocycles. The van der Waals surface area contributed by atoms with Gasteiger partial charge < -0.3 is 4.74 Å². The van der Waals surface area contributed by atoms with Crippen molar-refractivity contribution in [3.63, 3.8) is 0 Å². The summed E-state index contributed by atoms with van der Waals surface area (Å²) in [6, 6.07) is 12.2. The zero-order valence-electron chi connectivity index (χ0n) is 11.7. The largest absolute Gasteiger partial charge is 0.465 e. The van der Waals surface area contributed by atoms with Crippen molar-refractivity contribution in [2.45, 2.75) is 25.2 Å². The Bertz CT molecular complexity index is 489. The van der Waals surface area contributed by atoms with Gasteiger partial charge in [-0.15, -0.1) is 0 Å². The fraction of sp³-hybridized carbons (Fsp3) is 0.500. The molecule has 3 nitrogen and oxygen atoms in total. The second-order valence-electron chi connectivity index (χ2n) is 4.95. The van der Waals surface area contributed by atoms with E-state index in [1.165, 1.54) is 0 Å². The third kappa shape index (κ3) is 2.83. The summed E-state index contributed by atoms with van der Waals surface area (Å²) in [6.45, 7) is 2.09. The number of carbonyl (C=O) groups is 1. The summed E-state index contributed by atoms with van der Waals surface area (Å²) in [4.78, 5) is 12.2. The number of nitrogens with zero attached hydrogens (tertiary/aromatic N) is 1. The Morgan fingerprint density at radius 2 is 2.05 bits per heavy atom. The minimum Gasteiger partial charge on any atom is -0.465 e. The topological polar surface area (TPSA) is 50.1 Å². The number of esters is 1. The average Bonchev–Trinajstić information content (AvgIpc) is 2.50. The van der Waals surface area contributed by atoms with Crippen LogP contribution in [0.15, 0.2) is 30.3 Å². The molecule has 0 aromatic heterocycles. The van der Waals surface area contributed by atoms with Gasteiger partial charge in [0.25, 0.3) is 0 Å². The summed E-state index contributed by atoms with van der Waals surface area (Å²) in [6.07, 6.45) is 1.69. The zero-order valence-corrected chi connectivity index (χ0v) is 12.5. The lowest BCUT2D eigenvalue weighted by molar-refractivity contribution is -0.148. The van der Waals surface area contributed by atoms with Crippen LogP contribution in [-0.4, -0.2) is 24.1 Å². The lowest BCUT2D eigenvalue weighted by Gasteiger charge is -2.39. The van der Waals surface area contributed by atoms with E-state index >= 15 is 0 Å². The summed E-state index contributed by atoms with van der Waals surface area (Å²) < 4.78 is 5.13. The molecule has 2 rings (SSSR count). The Labute approximate surface area is 124 Å². The van der Waals surface area contributed by atoms with E-state index < -0.39 is 11.3 Å². The van der Waals surface area contributed by atoms with E-state index in [9.17, 15) is 10.1 Å². The van der Waals surface area contributed by atoms with Crippen LogP contribution in [-0.2, 0) is 14.9 Å². The van der Waals surface area contributed by atoms with Crippen LogP contribution in [0.5, 0.6) is 0 Å². The molecule has 0 saturated carbocycles. The number of rotatable bonds is 4. The smallest absolute Gasteiger partial charge is 0.324 e. The molecule has 4 heteroatoms. The first-order valence-corrected chi connectivity index (χ1v) is 8.09. The third-order valence-corrected chi connectivity index (χ3v) is 4.92.